The van der Waals surface area contributed by atoms with Crippen molar-refractivity contribution in [2.75, 3.05) is 57.5 Å². The molecule has 47 heavy (non-hydrogen) atoms. The number of nitrogens with one attached hydrogen (secondary N) is 2. The predicted molar refractivity (Wildman–Crippen MR) is 170 cm³/mol. The molecule has 0 saturated carbocycles. The molecule has 0 radical (unpaired) electrons. The molecule has 3 fully saturated rings. The van der Waals surface area contributed by atoms with E-state index < -0.39 is 29.2 Å². The number of carbonyl (C=O) groups is 1. The van der Waals surface area contributed by atoms with Crippen molar-refractivity contribution in [3.63, 3.8) is 0 Å². The number of fused-ring (bicyclic) bond motifs is 8. The molecule has 1 amide bonds. The molecule has 5 aliphatic rings. The Balaban J connectivity index is 1.31. The Bertz CT molecular complexity index is 1880. The number of alkyl carbamates (subject to hydrolysis) is 1. The van der Waals surface area contributed by atoms with Crippen molar-refractivity contribution < 1.29 is 27.8 Å². The van der Waals surface area contributed by atoms with E-state index in [1.165, 1.54) is 0 Å². The number of alkyl halides is 1. The molecule has 3 atom stereocenters. The summed E-state index contributed by atoms with van der Waals surface area (Å²) in [7, 11) is 0. The maximum atomic E-state index is 17.1. The molecule has 3 saturated heterocycles. The summed E-state index contributed by atoms with van der Waals surface area (Å²) in [5, 5.41) is 11.5. The molecule has 0 aliphatic carbocycles. The van der Waals surface area contributed by atoms with Crippen molar-refractivity contribution in [3.05, 3.63) is 34.9 Å². The highest BCUT2D eigenvalue weighted by Gasteiger charge is 2.49. The molecular formula is C32H35ClF2N8O4. The third-order valence-electron chi connectivity index (χ3n) is 9.88. The number of pyridine rings is 1. The molecule has 5 aliphatic heterocycles. The van der Waals surface area contributed by atoms with Gasteiger partial charge in [0, 0.05) is 48.2 Å². The van der Waals surface area contributed by atoms with Gasteiger partial charge in [-0.15, -0.1) is 0 Å². The van der Waals surface area contributed by atoms with E-state index in [1.807, 2.05) is 11.8 Å². The second kappa shape index (κ2) is 11.7. The Hall–Kier alpha value is -3.88. The van der Waals surface area contributed by atoms with Crippen LogP contribution in [-0.4, -0.2) is 106 Å². The average molecular weight is 669 g/mol. The second-order valence-electron chi connectivity index (χ2n) is 13.3. The highest BCUT2D eigenvalue weighted by molar-refractivity contribution is 6.33. The molecule has 15 heteroatoms. The van der Waals surface area contributed by atoms with Crippen LogP contribution in [0.4, 0.5) is 19.4 Å². The molecule has 12 nitrogen and oxygen atoms in total. The maximum absolute atomic E-state index is 17.1. The van der Waals surface area contributed by atoms with Gasteiger partial charge >= 0.3 is 12.1 Å². The molecule has 9 rings (SSSR count). The van der Waals surface area contributed by atoms with E-state index in [-0.39, 0.29) is 43.6 Å². The van der Waals surface area contributed by atoms with Crippen LogP contribution >= 0.6 is 11.6 Å². The molecule has 8 heterocycles. The minimum atomic E-state index is -0.925. The van der Waals surface area contributed by atoms with Gasteiger partial charge in [-0.1, -0.05) is 11.6 Å². The van der Waals surface area contributed by atoms with Gasteiger partial charge in [-0.25, -0.2) is 13.6 Å². The lowest BCUT2D eigenvalue weighted by Crippen LogP contribution is -2.55. The second-order valence-corrected chi connectivity index (χ2v) is 13.7. The molecule has 0 spiro atoms. The van der Waals surface area contributed by atoms with Gasteiger partial charge in [-0.2, -0.15) is 15.1 Å². The van der Waals surface area contributed by atoms with Crippen molar-refractivity contribution in [1.82, 2.24) is 35.4 Å². The first-order chi connectivity index (χ1) is 22.7. The first kappa shape index (κ1) is 30.5. The van der Waals surface area contributed by atoms with Gasteiger partial charge < -0.3 is 24.4 Å². The zero-order valence-electron chi connectivity index (χ0n) is 26.0. The summed E-state index contributed by atoms with van der Waals surface area (Å²) < 4.78 is 49.3. The SMILES string of the molecule is CC12COCCN(C1)c1nc(OCC34CCCN3C[C@H](F)C4)nc3c(F)c(ncc13)-c1c(c(Cl)cc3[nH]ncc13)CCCOC(=O)N2. The number of halogens is 3. The number of rotatable bonds is 3. The lowest BCUT2D eigenvalue weighted by Gasteiger charge is -2.34. The zero-order chi connectivity index (χ0) is 32.3. The summed E-state index contributed by atoms with van der Waals surface area (Å²) in [5.74, 6) is -0.268. The third kappa shape index (κ3) is 5.39. The monoisotopic (exact) mass is 668 g/mol. The highest BCUT2D eigenvalue weighted by atomic mass is 35.5. The smallest absolute Gasteiger partial charge is 0.407 e. The Labute approximate surface area is 274 Å². The van der Waals surface area contributed by atoms with Crippen LogP contribution in [0.15, 0.2) is 18.5 Å². The minimum absolute atomic E-state index is 0.0211. The fourth-order valence-corrected chi connectivity index (χ4v) is 8.03. The number of nitrogens with zero attached hydrogens (tertiary/aromatic N) is 6. The quantitative estimate of drug-likeness (QED) is 0.320. The van der Waals surface area contributed by atoms with Crippen LogP contribution in [0.5, 0.6) is 6.01 Å². The molecule has 248 valence electrons. The van der Waals surface area contributed by atoms with E-state index in [0.717, 1.165) is 19.4 Å². The van der Waals surface area contributed by atoms with Crippen LogP contribution in [0, 0.1) is 5.82 Å². The Morgan fingerprint density at radius 1 is 1.19 bits per heavy atom. The summed E-state index contributed by atoms with van der Waals surface area (Å²) in [6.45, 7) is 4.60. The van der Waals surface area contributed by atoms with Crippen molar-refractivity contribution in [2.45, 2.75) is 56.3 Å². The van der Waals surface area contributed by atoms with Crippen LogP contribution in [-0.2, 0) is 15.9 Å². The predicted octanol–water partition coefficient (Wildman–Crippen LogP) is 4.58. The van der Waals surface area contributed by atoms with E-state index in [2.05, 4.69) is 30.4 Å². The van der Waals surface area contributed by atoms with E-state index in [9.17, 15) is 9.18 Å². The number of H-pyrrole nitrogens is 1. The molecule has 6 bridgehead atoms. The highest BCUT2D eigenvalue weighted by Crippen LogP contribution is 2.42. The number of aromatic nitrogens is 5. The van der Waals surface area contributed by atoms with E-state index >= 15 is 4.39 Å². The van der Waals surface area contributed by atoms with E-state index in [4.69, 9.17) is 30.8 Å². The van der Waals surface area contributed by atoms with Crippen LogP contribution in [0.3, 0.4) is 0 Å². The van der Waals surface area contributed by atoms with Gasteiger partial charge in [0.05, 0.1) is 48.0 Å². The van der Waals surface area contributed by atoms with Crippen LogP contribution < -0.4 is 15.0 Å². The summed E-state index contributed by atoms with van der Waals surface area (Å²) >= 11 is 6.78. The first-order valence-corrected chi connectivity index (χ1v) is 16.4. The average Bonchev–Trinajstić information content (AvgIpc) is 3.69. The third-order valence-corrected chi connectivity index (χ3v) is 10.2. The number of hydrogen-bond acceptors (Lipinski definition) is 10. The van der Waals surface area contributed by atoms with Crippen molar-refractivity contribution in [3.8, 4) is 17.3 Å². The number of aromatic amines is 1. The van der Waals surface area contributed by atoms with Crippen molar-refractivity contribution >= 4 is 45.3 Å². The summed E-state index contributed by atoms with van der Waals surface area (Å²) in [6.07, 6.45) is 4.63. The van der Waals surface area contributed by atoms with E-state index in [0.29, 0.717) is 77.2 Å². The van der Waals surface area contributed by atoms with Crippen LogP contribution in [0.2, 0.25) is 5.02 Å². The largest absolute Gasteiger partial charge is 0.461 e. The van der Waals surface area contributed by atoms with Crippen LogP contribution in [0.25, 0.3) is 33.1 Å². The number of anilines is 1. The Kier molecular flexibility index (Phi) is 7.56. The van der Waals surface area contributed by atoms with Crippen LogP contribution in [0.1, 0.15) is 38.2 Å². The van der Waals surface area contributed by atoms with Gasteiger partial charge in [0.2, 0.25) is 0 Å². The molecule has 1 aromatic carbocycles. The maximum Gasteiger partial charge on any atom is 0.407 e. The number of ether oxygens (including phenoxy) is 3. The van der Waals surface area contributed by atoms with Gasteiger partial charge in [-0.05, 0) is 50.8 Å². The number of amides is 1. The fourth-order valence-electron chi connectivity index (χ4n) is 7.74. The Morgan fingerprint density at radius 3 is 2.98 bits per heavy atom. The summed E-state index contributed by atoms with van der Waals surface area (Å²) in [5.41, 5.74) is 0.530. The number of benzene rings is 1. The lowest BCUT2D eigenvalue weighted by molar-refractivity contribution is 0.0870. The Morgan fingerprint density at radius 2 is 2.09 bits per heavy atom. The van der Waals surface area contributed by atoms with Gasteiger partial charge in [0.25, 0.3) is 0 Å². The normalized spacial score (nSPS) is 26.8. The minimum Gasteiger partial charge on any atom is -0.461 e. The van der Waals surface area contributed by atoms with E-state index in [1.54, 1.807) is 18.5 Å². The number of carbonyl (C=O) groups excluding carboxylic acids is 1. The summed E-state index contributed by atoms with van der Waals surface area (Å²) in [4.78, 5) is 31.1. The standard InChI is InChI=1S/C32H35ClF2N8O4/c1-31-15-42(7-9-45-16-31)28-21-12-36-27(24-19(4-2-8-46-30(44)40-31)22(33)10-23-20(24)13-37-41-23)25(35)26(21)38-29(39-28)47-17-32-5-3-6-43(32)14-18(34)11-32/h10,12-13,18H,2-9,11,14-17H2,1H3,(H,37,41)(H,40,44)/t18-,31?,32?/m1/s1. The lowest BCUT2D eigenvalue weighted by atomic mass is 9.95. The number of hydrogen-bond donors (Lipinski definition) is 2. The molecule has 4 aromatic rings. The molecule has 2 N–H and O–H groups in total. The first-order valence-electron chi connectivity index (χ1n) is 16.0. The van der Waals surface area contributed by atoms with Gasteiger partial charge in [-0.3, -0.25) is 15.0 Å². The van der Waals surface area contributed by atoms with Gasteiger partial charge in [0.15, 0.2) is 5.82 Å². The van der Waals surface area contributed by atoms with Crippen molar-refractivity contribution in [2.24, 2.45) is 0 Å². The topological polar surface area (TPSA) is 131 Å². The zero-order valence-corrected chi connectivity index (χ0v) is 26.7. The fraction of sp³-hybridized carbons (Fsp3) is 0.531. The van der Waals surface area contributed by atoms with Gasteiger partial charge in [0.1, 0.15) is 29.8 Å². The molecular weight excluding hydrogens is 634 g/mol. The van der Waals surface area contributed by atoms with Crippen molar-refractivity contribution in [1.29, 1.82) is 0 Å². The summed E-state index contributed by atoms with van der Waals surface area (Å²) in [6, 6.07) is 1.72. The molecule has 2 unspecified atom stereocenters. The molecule has 3 aromatic heterocycles.